The summed E-state index contributed by atoms with van der Waals surface area (Å²) in [6.45, 7) is 0.955. The van der Waals surface area contributed by atoms with Crippen molar-refractivity contribution in [3.8, 4) is 5.75 Å². The number of ether oxygens (including phenoxy) is 1. The predicted octanol–water partition coefficient (Wildman–Crippen LogP) is 0.352. The second kappa shape index (κ2) is 4.69. The molecule has 4 nitrogen and oxygen atoms in total. The first kappa shape index (κ1) is 9.83. The Bertz CT molecular complexity index is 240. The van der Waals surface area contributed by atoms with Gasteiger partial charge in [-0.05, 0) is 12.1 Å². The van der Waals surface area contributed by atoms with Gasteiger partial charge in [-0.15, -0.1) is 0 Å². The van der Waals surface area contributed by atoms with Crippen LogP contribution in [-0.4, -0.2) is 29.5 Å². The number of epoxide rings is 1. The fraction of sp³-hybridized carbons (Fsp3) is 0.333. The lowest BCUT2D eigenvalue weighted by Crippen LogP contribution is -1.88. The maximum absolute atomic E-state index is 8.79. The number of aliphatic hydroxyl groups is 1. The molecular formula is C9H13NO3. The molecule has 2 rings (SSSR count). The zero-order chi connectivity index (χ0) is 9.68. The maximum atomic E-state index is 8.79. The average molecular weight is 183 g/mol. The summed E-state index contributed by atoms with van der Waals surface area (Å²) in [4.78, 5) is 0. The van der Waals surface area contributed by atoms with Crippen molar-refractivity contribution in [2.75, 3.05) is 18.9 Å². The SMILES string of the molecule is Nc1ccccc1O.OCC1CO1. The van der Waals surface area contributed by atoms with E-state index in [9.17, 15) is 0 Å². The van der Waals surface area contributed by atoms with Crippen LogP contribution in [0.2, 0.25) is 0 Å². The molecule has 0 amide bonds. The Labute approximate surface area is 76.6 Å². The monoisotopic (exact) mass is 183 g/mol. The standard InChI is InChI=1S/C6H7NO.C3H6O2/c7-5-3-1-2-4-6(5)8;4-1-3-2-5-3/h1-4,8H,7H2;3-4H,1-2H2. The van der Waals surface area contributed by atoms with Gasteiger partial charge in [0.15, 0.2) is 0 Å². The molecule has 1 aliphatic rings. The summed E-state index contributed by atoms with van der Waals surface area (Å²) in [7, 11) is 0. The number of rotatable bonds is 1. The molecule has 1 saturated heterocycles. The van der Waals surface area contributed by atoms with Gasteiger partial charge in [-0.1, -0.05) is 12.1 Å². The van der Waals surface area contributed by atoms with E-state index in [4.69, 9.17) is 15.9 Å². The fourth-order valence-corrected chi connectivity index (χ4v) is 0.661. The topological polar surface area (TPSA) is 79.0 Å². The highest BCUT2D eigenvalue weighted by molar-refractivity contribution is 5.50. The van der Waals surface area contributed by atoms with Crippen LogP contribution in [0.15, 0.2) is 24.3 Å². The number of nitrogen functional groups attached to an aromatic ring is 1. The summed E-state index contributed by atoms with van der Waals surface area (Å²) in [5.41, 5.74) is 5.69. The van der Waals surface area contributed by atoms with Crippen molar-refractivity contribution in [3.63, 3.8) is 0 Å². The number of para-hydroxylation sites is 2. The summed E-state index contributed by atoms with van der Waals surface area (Å²) in [6, 6.07) is 6.70. The largest absolute Gasteiger partial charge is 0.506 e. The van der Waals surface area contributed by atoms with E-state index in [0.29, 0.717) is 5.69 Å². The van der Waals surface area contributed by atoms with E-state index in [1.165, 1.54) is 0 Å². The van der Waals surface area contributed by atoms with E-state index in [0.717, 1.165) is 6.61 Å². The minimum absolute atomic E-state index is 0.146. The first-order chi connectivity index (χ1) is 6.24. The van der Waals surface area contributed by atoms with E-state index in [1.54, 1.807) is 24.3 Å². The number of hydrogen-bond donors (Lipinski definition) is 3. The lowest BCUT2D eigenvalue weighted by molar-refractivity contribution is 0.244. The average Bonchev–Trinajstić information content (AvgIpc) is 2.94. The molecule has 1 atom stereocenters. The van der Waals surface area contributed by atoms with Gasteiger partial charge in [-0.3, -0.25) is 0 Å². The zero-order valence-electron chi connectivity index (χ0n) is 7.18. The minimum Gasteiger partial charge on any atom is -0.506 e. The highest BCUT2D eigenvalue weighted by atomic mass is 16.6. The van der Waals surface area contributed by atoms with Crippen LogP contribution in [0, 0.1) is 0 Å². The third-order valence-electron chi connectivity index (χ3n) is 1.54. The molecule has 4 N–H and O–H groups in total. The summed E-state index contributed by atoms with van der Waals surface area (Å²) in [6.07, 6.45) is 0.190. The van der Waals surface area contributed by atoms with Gasteiger partial charge in [0, 0.05) is 0 Å². The molecule has 1 aromatic rings. The van der Waals surface area contributed by atoms with Crippen molar-refractivity contribution in [1.82, 2.24) is 0 Å². The van der Waals surface area contributed by atoms with E-state index < -0.39 is 0 Å². The normalized spacial score (nSPS) is 18.7. The van der Waals surface area contributed by atoms with Crippen LogP contribution >= 0.6 is 0 Å². The van der Waals surface area contributed by atoms with Crippen LogP contribution in [0.1, 0.15) is 0 Å². The van der Waals surface area contributed by atoms with Crippen molar-refractivity contribution in [3.05, 3.63) is 24.3 Å². The molecule has 0 aliphatic carbocycles. The summed E-state index contributed by atoms with van der Waals surface area (Å²) < 4.78 is 4.61. The van der Waals surface area contributed by atoms with Crippen LogP contribution < -0.4 is 5.73 Å². The molecule has 0 saturated carbocycles. The maximum Gasteiger partial charge on any atom is 0.138 e. The van der Waals surface area contributed by atoms with Gasteiger partial charge in [0.05, 0.1) is 18.9 Å². The molecule has 1 unspecified atom stereocenters. The zero-order valence-corrected chi connectivity index (χ0v) is 7.18. The summed E-state index contributed by atoms with van der Waals surface area (Å²) in [5, 5.41) is 16.9. The van der Waals surface area contributed by atoms with Gasteiger partial charge in [0.2, 0.25) is 0 Å². The molecule has 1 fully saturated rings. The van der Waals surface area contributed by atoms with Crippen molar-refractivity contribution in [2.24, 2.45) is 0 Å². The molecule has 1 heterocycles. The van der Waals surface area contributed by atoms with E-state index in [1.807, 2.05) is 0 Å². The summed E-state index contributed by atoms with van der Waals surface area (Å²) in [5.74, 6) is 0.146. The molecule has 1 aromatic carbocycles. The number of aromatic hydroxyl groups is 1. The highest BCUT2D eigenvalue weighted by Gasteiger charge is 2.19. The summed E-state index contributed by atoms with van der Waals surface area (Å²) >= 11 is 0. The first-order valence-corrected chi connectivity index (χ1v) is 4.00. The van der Waals surface area contributed by atoms with Crippen molar-refractivity contribution in [2.45, 2.75) is 6.10 Å². The number of aliphatic hydroxyl groups excluding tert-OH is 1. The highest BCUT2D eigenvalue weighted by Crippen LogP contribution is 2.16. The molecule has 0 radical (unpaired) electrons. The molecule has 1 aliphatic heterocycles. The van der Waals surface area contributed by atoms with Crippen LogP contribution in [0.3, 0.4) is 0 Å². The van der Waals surface area contributed by atoms with Gasteiger partial charge < -0.3 is 20.7 Å². The second-order valence-corrected chi connectivity index (χ2v) is 2.70. The Morgan fingerprint density at radius 1 is 1.46 bits per heavy atom. The third kappa shape index (κ3) is 3.78. The minimum atomic E-state index is 0.146. The molecule has 0 spiro atoms. The predicted molar refractivity (Wildman–Crippen MR) is 49.3 cm³/mol. The lowest BCUT2D eigenvalue weighted by atomic mass is 10.3. The van der Waals surface area contributed by atoms with Gasteiger partial charge in [0.1, 0.15) is 11.9 Å². The van der Waals surface area contributed by atoms with Crippen molar-refractivity contribution < 1.29 is 14.9 Å². The van der Waals surface area contributed by atoms with Gasteiger partial charge >= 0.3 is 0 Å². The molecule has 72 valence electrons. The molecule has 4 heteroatoms. The van der Waals surface area contributed by atoms with Crippen LogP contribution in [0.4, 0.5) is 5.69 Å². The van der Waals surface area contributed by atoms with E-state index >= 15 is 0 Å². The Kier molecular flexibility index (Phi) is 3.54. The smallest absolute Gasteiger partial charge is 0.138 e. The van der Waals surface area contributed by atoms with Gasteiger partial charge in [-0.25, -0.2) is 0 Å². The number of hydrogen-bond acceptors (Lipinski definition) is 4. The second-order valence-electron chi connectivity index (χ2n) is 2.70. The first-order valence-electron chi connectivity index (χ1n) is 4.00. The van der Waals surface area contributed by atoms with Gasteiger partial charge in [0.25, 0.3) is 0 Å². The number of nitrogens with two attached hydrogens (primary N) is 1. The molecular weight excluding hydrogens is 170 g/mol. The number of phenolic OH excluding ortho intramolecular Hbond substituents is 1. The molecule has 13 heavy (non-hydrogen) atoms. The lowest BCUT2D eigenvalue weighted by Gasteiger charge is -1.92. The van der Waals surface area contributed by atoms with E-state index in [2.05, 4.69) is 4.74 Å². The number of anilines is 1. The van der Waals surface area contributed by atoms with Gasteiger partial charge in [-0.2, -0.15) is 0 Å². The number of benzene rings is 1. The van der Waals surface area contributed by atoms with Crippen LogP contribution in [0.5, 0.6) is 5.75 Å². The Morgan fingerprint density at radius 2 is 2.08 bits per heavy atom. The fourth-order valence-electron chi connectivity index (χ4n) is 0.661. The van der Waals surface area contributed by atoms with E-state index in [-0.39, 0.29) is 18.5 Å². The number of phenols is 1. The molecule has 0 aromatic heterocycles. The molecule has 0 bridgehead atoms. The van der Waals surface area contributed by atoms with Crippen LogP contribution in [-0.2, 0) is 4.74 Å². The van der Waals surface area contributed by atoms with Crippen molar-refractivity contribution >= 4 is 5.69 Å². The van der Waals surface area contributed by atoms with Crippen molar-refractivity contribution in [1.29, 1.82) is 0 Å². The Morgan fingerprint density at radius 3 is 2.31 bits per heavy atom. The Balaban J connectivity index is 0.000000145. The third-order valence-corrected chi connectivity index (χ3v) is 1.54. The van der Waals surface area contributed by atoms with Crippen LogP contribution in [0.25, 0.3) is 0 Å². The quantitative estimate of drug-likeness (QED) is 0.333. The Hall–Kier alpha value is -1.26.